The van der Waals surface area contributed by atoms with Gasteiger partial charge in [-0.1, -0.05) is 26.0 Å². The van der Waals surface area contributed by atoms with Gasteiger partial charge in [0.2, 0.25) is 0 Å². The number of carbonyl (C=O) groups excluding carboxylic acids is 1. The third-order valence-corrected chi connectivity index (χ3v) is 4.37. The van der Waals surface area contributed by atoms with Crippen LogP contribution in [0.2, 0.25) is 0 Å². The summed E-state index contributed by atoms with van der Waals surface area (Å²) in [5, 5.41) is 11.8. The summed E-state index contributed by atoms with van der Waals surface area (Å²) < 4.78 is 5.84. The van der Waals surface area contributed by atoms with Crippen molar-refractivity contribution in [3.63, 3.8) is 0 Å². The van der Waals surface area contributed by atoms with Gasteiger partial charge in [-0.2, -0.15) is 0 Å². The summed E-state index contributed by atoms with van der Waals surface area (Å²) in [7, 11) is 0. The molecule has 2 rings (SSSR count). The van der Waals surface area contributed by atoms with Crippen molar-refractivity contribution < 1.29 is 19.4 Å². The fourth-order valence-electron chi connectivity index (χ4n) is 2.48. The summed E-state index contributed by atoms with van der Waals surface area (Å²) in [4.78, 5) is 23.3. The quantitative estimate of drug-likeness (QED) is 0.810. The van der Waals surface area contributed by atoms with Gasteiger partial charge < -0.3 is 15.2 Å². The number of hydrogen-bond acceptors (Lipinski definition) is 3. The maximum Gasteiger partial charge on any atom is 0.311 e. The minimum absolute atomic E-state index is 0.166. The van der Waals surface area contributed by atoms with Crippen molar-refractivity contribution in [2.45, 2.75) is 52.6 Å². The van der Waals surface area contributed by atoms with Crippen LogP contribution in [0.3, 0.4) is 0 Å². The first-order valence-corrected chi connectivity index (χ1v) is 8.03. The van der Waals surface area contributed by atoms with E-state index in [0.29, 0.717) is 24.5 Å². The Hall–Kier alpha value is -2.04. The summed E-state index contributed by atoms with van der Waals surface area (Å²) in [6.45, 7) is 7.98. The van der Waals surface area contributed by atoms with Crippen molar-refractivity contribution in [1.82, 2.24) is 5.32 Å². The van der Waals surface area contributed by atoms with E-state index in [0.717, 1.165) is 11.1 Å². The number of nitrogens with one attached hydrogen (secondary N) is 1. The average molecular weight is 319 g/mol. The molecule has 0 spiro atoms. The Morgan fingerprint density at radius 1 is 1.30 bits per heavy atom. The Balaban J connectivity index is 1.98. The summed E-state index contributed by atoms with van der Waals surface area (Å²) >= 11 is 0. The minimum Gasteiger partial charge on any atom is -0.481 e. The highest BCUT2D eigenvalue weighted by atomic mass is 16.5. The van der Waals surface area contributed by atoms with Crippen LogP contribution in [0.4, 0.5) is 0 Å². The predicted molar refractivity (Wildman–Crippen MR) is 87.7 cm³/mol. The first-order chi connectivity index (χ1) is 10.7. The van der Waals surface area contributed by atoms with Crippen LogP contribution in [0, 0.1) is 12.3 Å². The van der Waals surface area contributed by atoms with Crippen LogP contribution in [0.15, 0.2) is 18.2 Å². The van der Waals surface area contributed by atoms with E-state index in [1.165, 1.54) is 0 Å². The van der Waals surface area contributed by atoms with Crippen LogP contribution in [-0.4, -0.2) is 29.6 Å². The van der Waals surface area contributed by atoms with Crippen LogP contribution < -0.4 is 10.1 Å². The van der Waals surface area contributed by atoms with Crippen LogP contribution in [0.1, 0.15) is 50.7 Å². The largest absolute Gasteiger partial charge is 0.481 e. The third kappa shape index (κ3) is 4.03. The minimum atomic E-state index is -0.841. The van der Waals surface area contributed by atoms with Crippen LogP contribution >= 0.6 is 0 Å². The molecule has 1 aliphatic carbocycles. The zero-order valence-electron chi connectivity index (χ0n) is 14.2. The van der Waals surface area contributed by atoms with Gasteiger partial charge >= 0.3 is 5.97 Å². The lowest BCUT2D eigenvalue weighted by Crippen LogP contribution is -2.41. The molecule has 0 saturated heterocycles. The van der Waals surface area contributed by atoms with Crippen molar-refractivity contribution in [3.8, 4) is 5.75 Å². The second-order valence-electron chi connectivity index (χ2n) is 6.76. The SMILES string of the molecule is Cc1ccc(C(C)C)c(OC(C)C(=O)NCC2(C(=O)O)CC2)c1. The molecular formula is C18H25NO4. The van der Waals surface area contributed by atoms with E-state index in [9.17, 15) is 9.59 Å². The van der Waals surface area contributed by atoms with E-state index < -0.39 is 17.5 Å². The van der Waals surface area contributed by atoms with Crippen LogP contribution in [0.5, 0.6) is 5.75 Å². The molecule has 5 heteroatoms. The second-order valence-corrected chi connectivity index (χ2v) is 6.76. The monoisotopic (exact) mass is 319 g/mol. The number of carboxylic acid groups (broad SMARTS) is 1. The molecule has 5 nitrogen and oxygen atoms in total. The summed E-state index contributed by atoms with van der Waals surface area (Å²) in [6, 6.07) is 5.97. The van der Waals surface area contributed by atoms with E-state index in [4.69, 9.17) is 9.84 Å². The molecule has 1 aliphatic rings. The Morgan fingerprint density at radius 2 is 1.96 bits per heavy atom. The van der Waals surface area contributed by atoms with E-state index in [1.54, 1.807) is 6.92 Å². The van der Waals surface area contributed by atoms with E-state index in [-0.39, 0.29) is 12.5 Å². The molecule has 0 aliphatic heterocycles. The Bertz CT molecular complexity index is 605. The molecule has 1 amide bonds. The molecule has 23 heavy (non-hydrogen) atoms. The molecule has 0 heterocycles. The second kappa shape index (κ2) is 6.60. The molecule has 1 saturated carbocycles. The molecule has 2 N–H and O–H groups in total. The van der Waals surface area contributed by atoms with E-state index in [1.807, 2.05) is 25.1 Å². The lowest BCUT2D eigenvalue weighted by Gasteiger charge is -2.20. The Labute approximate surface area is 137 Å². The standard InChI is InChI=1S/C18H25NO4/c1-11(2)14-6-5-12(3)9-15(14)23-13(4)16(20)19-10-18(7-8-18)17(21)22/h5-6,9,11,13H,7-8,10H2,1-4H3,(H,19,20)(H,21,22). The molecule has 1 unspecified atom stereocenters. The summed E-state index contributed by atoms with van der Waals surface area (Å²) in [6.07, 6.45) is 0.569. The maximum absolute atomic E-state index is 12.2. The normalized spacial score (nSPS) is 16.7. The fourth-order valence-corrected chi connectivity index (χ4v) is 2.48. The number of aryl methyl sites for hydroxylation is 1. The molecule has 1 fully saturated rings. The van der Waals surface area contributed by atoms with Gasteiger partial charge in [-0.15, -0.1) is 0 Å². The molecule has 126 valence electrons. The van der Waals surface area contributed by atoms with Crippen LogP contribution in [0.25, 0.3) is 0 Å². The van der Waals surface area contributed by atoms with Crippen LogP contribution in [-0.2, 0) is 9.59 Å². The van der Waals surface area contributed by atoms with Crippen molar-refractivity contribution in [1.29, 1.82) is 0 Å². The number of carboxylic acids is 1. The Kier molecular flexibility index (Phi) is 4.97. The number of amides is 1. The van der Waals surface area contributed by atoms with Gasteiger partial charge in [0.05, 0.1) is 5.41 Å². The molecule has 1 aromatic carbocycles. The van der Waals surface area contributed by atoms with Gasteiger partial charge in [0.25, 0.3) is 5.91 Å². The first kappa shape index (κ1) is 17.3. The lowest BCUT2D eigenvalue weighted by atomic mass is 10.0. The van der Waals surface area contributed by atoms with Gasteiger partial charge in [-0.05, 0) is 49.8 Å². The van der Waals surface area contributed by atoms with E-state index in [2.05, 4.69) is 19.2 Å². The first-order valence-electron chi connectivity index (χ1n) is 8.03. The molecule has 0 radical (unpaired) electrons. The third-order valence-electron chi connectivity index (χ3n) is 4.37. The molecule has 0 aromatic heterocycles. The van der Waals surface area contributed by atoms with Gasteiger partial charge in [-0.3, -0.25) is 9.59 Å². The number of benzene rings is 1. The van der Waals surface area contributed by atoms with E-state index >= 15 is 0 Å². The Morgan fingerprint density at radius 3 is 2.48 bits per heavy atom. The van der Waals surface area contributed by atoms with Crippen molar-refractivity contribution >= 4 is 11.9 Å². The highest BCUT2D eigenvalue weighted by Crippen LogP contribution is 2.45. The zero-order chi connectivity index (χ0) is 17.2. The summed E-state index contributed by atoms with van der Waals surface area (Å²) in [5.74, 6) is -0.120. The highest BCUT2D eigenvalue weighted by molar-refractivity contribution is 5.83. The van der Waals surface area contributed by atoms with Crippen molar-refractivity contribution in [2.24, 2.45) is 5.41 Å². The summed E-state index contributed by atoms with van der Waals surface area (Å²) in [5.41, 5.74) is 1.36. The van der Waals surface area contributed by atoms with Crippen molar-refractivity contribution in [3.05, 3.63) is 29.3 Å². The number of ether oxygens (including phenoxy) is 1. The topological polar surface area (TPSA) is 75.6 Å². The predicted octanol–water partition coefficient (Wildman–Crippen LogP) is 2.87. The number of hydrogen-bond donors (Lipinski definition) is 2. The molecule has 0 bridgehead atoms. The molecular weight excluding hydrogens is 294 g/mol. The number of rotatable bonds is 7. The average Bonchev–Trinajstić information content (AvgIpc) is 3.25. The van der Waals surface area contributed by atoms with Gasteiger partial charge in [0, 0.05) is 6.54 Å². The van der Waals surface area contributed by atoms with Gasteiger partial charge in [0.15, 0.2) is 6.10 Å². The lowest BCUT2D eigenvalue weighted by molar-refractivity contribution is -0.143. The van der Waals surface area contributed by atoms with Crippen molar-refractivity contribution in [2.75, 3.05) is 6.54 Å². The highest BCUT2D eigenvalue weighted by Gasteiger charge is 2.50. The zero-order valence-corrected chi connectivity index (χ0v) is 14.2. The smallest absolute Gasteiger partial charge is 0.311 e. The molecule has 1 atom stereocenters. The maximum atomic E-state index is 12.2. The fraction of sp³-hybridized carbons (Fsp3) is 0.556. The van der Waals surface area contributed by atoms with Gasteiger partial charge in [-0.25, -0.2) is 0 Å². The van der Waals surface area contributed by atoms with Gasteiger partial charge in [0.1, 0.15) is 5.75 Å². The molecule has 1 aromatic rings. The number of aliphatic carboxylic acids is 1. The number of carbonyl (C=O) groups is 2.